The van der Waals surface area contributed by atoms with Gasteiger partial charge < -0.3 is 5.32 Å². The second-order valence-electron chi connectivity index (χ2n) is 6.13. The van der Waals surface area contributed by atoms with E-state index < -0.39 is 22.4 Å². The summed E-state index contributed by atoms with van der Waals surface area (Å²) in [5, 5.41) is 13.6. The number of hydrogen-bond acceptors (Lipinski definition) is 3. The van der Waals surface area contributed by atoms with Gasteiger partial charge in [-0.2, -0.15) is 13.2 Å². The molecule has 1 unspecified atom stereocenters. The molecular formula is C14H19F3N2O2. The van der Waals surface area contributed by atoms with Crippen molar-refractivity contribution in [3.05, 3.63) is 33.9 Å². The van der Waals surface area contributed by atoms with E-state index in [4.69, 9.17) is 0 Å². The summed E-state index contributed by atoms with van der Waals surface area (Å²) in [5.41, 5.74) is -1.93. The van der Waals surface area contributed by atoms with Crippen LogP contribution in [0.5, 0.6) is 0 Å². The molecule has 1 atom stereocenters. The monoisotopic (exact) mass is 304 g/mol. The van der Waals surface area contributed by atoms with Gasteiger partial charge in [-0.3, -0.25) is 10.1 Å². The minimum Gasteiger partial charge on any atom is -0.385 e. The van der Waals surface area contributed by atoms with Crippen LogP contribution in [-0.4, -0.2) is 11.5 Å². The third-order valence-electron chi connectivity index (χ3n) is 3.59. The van der Waals surface area contributed by atoms with Gasteiger partial charge in [-0.15, -0.1) is 0 Å². The van der Waals surface area contributed by atoms with E-state index in [0.29, 0.717) is 6.54 Å². The molecule has 0 saturated carbocycles. The van der Waals surface area contributed by atoms with Crippen molar-refractivity contribution in [2.75, 3.05) is 11.9 Å². The molecule has 0 aliphatic rings. The van der Waals surface area contributed by atoms with Crippen molar-refractivity contribution in [2.24, 2.45) is 11.3 Å². The molecule has 0 aliphatic heterocycles. The molecule has 1 aromatic rings. The van der Waals surface area contributed by atoms with Gasteiger partial charge in [0.2, 0.25) is 0 Å². The quantitative estimate of drug-likeness (QED) is 0.647. The molecule has 7 heteroatoms. The summed E-state index contributed by atoms with van der Waals surface area (Å²) in [4.78, 5) is 9.64. The molecule has 1 aromatic carbocycles. The highest BCUT2D eigenvalue weighted by Gasteiger charge is 2.38. The van der Waals surface area contributed by atoms with Gasteiger partial charge in [0.15, 0.2) is 0 Å². The molecular weight excluding hydrogens is 285 g/mol. The topological polar surface area (TPSA) is 55.2 Å². The van der Waals surface area contributed by atoms with E-state index in [1.54, 1.807) is 0 Å². The highest BCUT2D eigenvalue weighted by molar-refractivity contribution is 5.55. The van der Waals surface area contributed by atoms with Crippen LogP contribution in [-0.2, 0) is 6.18 Å². The number of alkyl halides is 3. The number of nitrogens with one attached hydrogen (secondary N) is 1. The van der Waals surface area contributed by atoms with Crippen LogP contribution in [0.25, 0.3) is 0 Å². The van der Waals surface area contributed by atoms with Gasteiger partial charge in [0, 0.05) is 18.3 Å². The van der Waals surface area contributed by atoms with Crippen LogP contribution in [0.2, 0.25) is 0 Å². The molecule has 4 nitrogen and oxygen atoms in total. The van der Waals surface area contributed by atoms with E-state index in [0.717, 1.165) is 12.1 Å². The van der Waals surface area contributed by atoms with E-state index in [1.165, 1.54) is 6.07 Å². The summed E-state index contributed by atoms with van der Waals surface area (Å²) in [6, 6.07) is 2.96. The maximum Gasteiger partial charge on any atom is 0.423 e. The number of nitro benzene ring substituents is 1. The Morgan fingerprint density at radius 1 is 1.29 bits per heavy atom. The fraction of sp³-hybridized carbons (Fsp3) is 0.571. The van der Waals surface area contributed by atoms with Crippen molar-refractivity contribution >= 4 is 11.4 Å². The molecule has 0 amide bonds. The van der Waals surface area contributed by atoms with Crippen LogP contribution in [0.4, 0.5) is 24.5 Å². The molecule has 1 rings (SSSR count). The number of nitro groups is 1. The molecule has 0 bridgehead atoms. The third-order valence-corrected chi connectivity index (χ3v) is 3.59. The molecule has 0 radical (unpaired) electrons. The van der Waals surface area contributed by atoms with E-state index in [2.05, 4.69) is 5.32 Å². The maximum atomic E-state index is 12.8. The minimum atomic E-state index is -4.75. The first-order valence-electron chi connectivity index (χ1n) is 6.52. The smallest absolute Gasteiger partial charge is 0.385 e. The van der Waals surface area contributed by atoms with Crippen LogP contribution < -0.4 is 5.32 Å². The summed E-state index contributed by atoms with van der Waals surface area (Å²) in [7, 11) is 0. The molecule has 0 saturated heterocycles. The number of rotatable bonds is 4. The molecule has 0 fully saturated rings. The van der Waals surface area contributed by atoms with Gasteiger partial charge in [0.25, 0.3) is 5.69 Å². The van der Waals surface area contributed by atoms with Gasteiger partial charge >= 0.3 is 6.18 Å². The van der Waals surface area contributed by atoms with Crippen LogP contribution in [0.15, 0.2) is 18.2 Å². The second-order valence-corrected chi connectivity index (χ2v) is 6.13. The lowest BCUT2D eigenvalue weighted by molar-refractivity contribution is -0.388. The Bertz CT molecular complexity index is 522. The van der Waals surface area contributed by atoms with Crippen LogP contribution in [0.3, 0.4) is 0 Å². The van der Waals surface area contributed by atoms with E-state index >= 15 is 0 Å². The Morgan fingerprint density at radius 2 is 1.86 bits per heavy atom. The van der Waals surface area contributed by atoms with Gasteiger partial charge in [-0.1, -0.05) is 27.7 Å². The molecule has 118 valence electrons. The maximum absolute atomic E-state index is 12.8. The zero-order valence-electron chi connectivity index (χ0n) is 12.4. The van der Waals surface area contributed by atoms with Crippen molar-refractivity contribution in [2.45, 2.75) is 33.9 Å². The Kier molecular flexibility index (Phi) is 4.86. The third kappa shape index (κ3) is 4.61. The van der Waals surface area contributed by atoms with Crippen molar-refractivity contribution in [1.29, 1.82) is 0 Å². The minimum absolute atomic E-state index is 0.0145. The number of halogens is 3. The number of nitrogens with zero attached hydrogens (tertiary/aromatic N) is 1. The van der Waals surface area contributed by atoms with Crippen LogP contribution in [0, 0.1) is 21.4 Å². The van der Waals surface area contributed by atoms with Crippen LogP contribution >= 0.6 is 0 Å². The first-order valence-corrected chi connectivity index (χ1v) is 6.52. The number of hydrogen-bond donors (Lipinski definition) is 1. The lowest BCUT2D eigenvalue weighted by Gasteiger charge is -2.27. The van der Waals surface area contributed by atoms with Crippen molar-refractivity contribution in [1.82, 2.24) is 0 Å². The lowest BCUT2D eigenvalue weighted by atomic mass is 9.82. The van der Waals surface area contributed by atoms with E-state index in [9.17, 15) is 23.3 Å². The second kappa shape index (κ2) is 5.91. The zero-order valence-corrected chi connectivity index (χ0v) is 12.4. The predicted octanol–water partition coefficient (Wildman–Crippen LogP) is 4.71. The van der Waals surface area contributed by atoms with Crippen LogP contribution in [0.1, 0.15) is 33.3 Å². The average Bonchev–Trinajstić information content (AvgIpc) is 2.33. The molecule has 1 N–H and O–H groups in total. The van der Waals surface area contributed by atoms with Gasteiger partial charge in [0.1, 0.15) is 5.56 Å². The average molecular weight is 304 g/mol. The zero-order chi connectivity index (χ0) is 16.4. The number of benzene rings is 1. The lowest BCUT2D eigenvalue weighted by Crippen LogP contribution is -2.25. The fourth-order valence-corrected chi connectivity index (χ4v) is 1.61. The highest BCUT2D eigenvalue weighted by Crippen LogP contribution is 2.37. The van der Waals surface area contributed by atoms with Gasteiger partial charge in [-0.05, 0) is 23.5 Å². The summed E-state index contributed by atoms with van der Waals surface area (Å²) in [6.45, 7) is 8.59. The first kappa shape index (κ1) is 17.3. The summed E-state index contributed by atoms with van der Waals surface area (Å²) in [5.74, 6) is 0.224. The Morgan fingerprint density at radius 3 is 2.29 bits per heavy atom. The first-order chi connectivity index (χ1) is 9.43. The van der Waals surface area contributed by atoms with E-state index in [1.807, 2.05) is 27.7 Å². The summed E-state index contributed by atoms with van der Waals surface area (Å²) >= 11 is 0. The Balaban J connectivity index is 2.99. The highest BCUT2D eigenvalue weighted by atomic mass is 19.4. The van der Waals surface area contributed by atoms with E-state index in [-0.39, 0.29) is 17.0 Å². The molecule has 0 spiro atoms. The normalized spacial score (nSPS) is 13.9. The van der Waals surface area contributed by atoms with Crippen molar-refractivity contribution in [3.63, 3.8) is 0 Å². The summed E-state index contributed by atoms with van der Waals surface area (Å²) in [6.07, 6.45) is -4.75. The summed E-state index contributed by atoms with van der Waals surface area (Å²) < 4.78 is 38.5. The molecule has 0 aliphatic carbocycles. The molecule has 21 heavy (non-hydrogen) atoms. The Labute approximate surface area is 121 Å². The standard InChI is InChI=1S/C14H19F3N2O2/c1-9(13(2,3)4)8-18-10-5-6-12(19(20)21)11(7-10)14(15,16)17/h5-7,9,18H,8H2,1-4H3. The fourth-order valence-electron chi connectivity index (χ4n) is 1.61. The number of anilines is 1. The van der Waals surface area contributed by atoms with Crippen molar-refractivity contribution in [3.8, 4) is 0 Å². The molecule has 0 aromatic heterocycles. The Hall–Kier alpha value is -1.79. The predicted molar refractivity (Wildman–Crippen MR) is 75.2 cm³/mol. The molecule has 0 heterocycles. The largest absolute Gasteiger partial charge is 0.423 e. The van der Waals surface area contributed by atoms with Crippen molar-refractivity contribution < 1.29 is 18.1 Å². The van der Waals surface area contributed by atoms with Gasteiger partial charge in [0.05, 0.1) is 4.92 Å². The van der Waals surface area contributed by atoms with Gasteiger partial charge in [-0.25, -0.2) is 0 Å². The SMILES string of the molecule is CC(CNc1ccc([N+](=O)[O-])c(C(F)(F)F)c1)C(C)(C)C.